The summed E-state index contributed by atoms with van der Waals surface area (Å²) in [6.07, 6.45) is 2.30. The number of carbonyl (C=O) groups excluding carboxylic acids is 1. The summed E-state index contributed by atoms with van der Waals surface area (Å²) in [4.78, 5) is 28.2. The summed E-state index contributed by atoms with van der Waals surface area (Å²) in [5.74, 6) is 0.492. The van der Waals surface area contributed by atoms with Crippen molar-refractivity contribution in [1.29, 1.82) is 0 Å². The monoisotopic (exact) mass is 279 g/mol. The summed E-state index contributed by atoms with van der Waals surface area (Å²) in [6.45, 7) is 4.77. The number of nitrogens with one attached hydrogen (secondary N) is 1. The molecule has 1 N–H and O–H groups in total. The molecule has 0 bridgehead atoms. The molecule has 1 amide bonds. The van der Waals surface area contributed by atoms with E-state index in [-0.39, 0.29) is 24.0 Å². The highest BCUT2D eigenvalue weighted by Gasteiger charge is 2.17. The molecule has 1 aliphatic heterocycles. The van der Waals surface area contributed by atoms with Crippen molar-refractivity contribution in [3.8, 4) is 0 Å². The summed E-state index contributed by atoms with van der Waals surface area (Å²) in [5.41, 5.74) is 0.986. The fourth-order valence-corrected chi connectivity index (χ4v) is 2.30. The quantitative estimate of drug-likeness (QED) is 0.856. The minimum atomic E-state index is -0.122. The molecule has 6 heteroatoms. The lowest BCUT2D eigenvalue weighted by molar-refractivity contribution is -0.121. The van der Waals surface area contributed by atoms with Crippen molar-refractivity contribution in [2.75, 3.05) is 13.2 Å². The van der Waals surface area contributed by atoms with Gasteiger partial charge in [-0.25, -0.2) is 4.98 Å². The van der Waals surface area contributed by atoms with Crippen molar-refractivity contribution in [2.24, 2.45) is 7.05 Å². The highest BCUT2D eigenvalue weighted by atomic mass is 16.5. The molecule has 0 aromatic carbocycles. The molecule has 0 saturated carbocycles. The number of rotatable bonds is 4. The van der Waals surface area contributed by atoms with Crippen molar-refractivity contribution in [3.05, 3.63) is 27.4 Å². The van der Waals surface area contributed by atoms with Crippen molar-refractivity contribution in [3.63, 3.8) is 0 Å². The van der Waals surface area contributed by atoms with Gasteiger partial charge in [0.05, 0.1) is 18.2 Å². The van der Waals surface area contributed by atoms with Crippen LogP contribution in [0.15, 0.2) is 4.79 Å². The summed E-state index contributed by atoms with van der Waals surface area (Å²) in [7, 11) is 1.68. The number of hydrogen-bond donors (Lipinski definition) is 1. The van der Waals surface area contributed by atoms with Crippen LogP contribution in [0, 0.1) is 13.8 Å². The molecule has 1 aromatic rings. The van der Waals surface area contributed by atoms with E-state index in [1.54, 1.807) is 20.9 Å². The molecule has 6 nitrogen and oxygen atoms in total. The molecular formula is C14H21N3O3. The Balaban J connectivity index is 1.99. The molecule has 110 valence electrons. The zero-order valence-corrected chi connectivity index (χ0v) is 12.2. The van der Waals surface area contributed by atoms with Gasteiger partial charge in [-0.05, 0) is 26.7 Å². The summed E-state index contributed by atoms with van der Waals surface area (Å²) < 4.78 is 6.94. The molecular weight excluding hydrogens is 258 g/mol. The van der Waals surface area contributed by atoms with Crippen LogP contribution in [0.5, 0.6) is 0 Å². The Hall–Kier alpha value is -1.69. The normalized spacial score (nSPS) is 18.2. The van der Waals surface area contributed by atoms with Crippen LogP contribution >= 0.6 is 0 Å². The summed E-state index contributed by atoms with van der Waals surface area (Å²) in [6, 6.07) is 0. The van der Waals surface area contributed by atoms with Gasteiger partial charge >= 0.3 is 0 Å². The maximum absolute atomic E-state index is 11.9. The summed E-state index contributed by atoms with van der Waals surface area (Å²) >= 11 is 0. The first-order valence-corrected chi connectivity index (χ1v) is 6.90. The number of hydrogen-bond acceptors (Lipinski definition) is 4. The first-order valence-electron chi connectivity index (χ1n) is 6.90. The molecule has 0 spiro atoms. The van der Waals surface area contributed by atoms with E-state index in [0.717, 1.165) is 19.4 Å². The van der Waals surface area contributed by atoms with Gasteiger partial charge in [-0.15, -0.1) is 0 Å². The number of aryl methyl sites for hydroxylation is 1. The van der Waals surface area contributed by atoms with Gasteiger partial charge in [-0.3, -0.25) is 14.2 Å². The van der Waals surface area contributed by atoms with Crippen LogP contribution in [0.3, 0.4) is 0 Å². The maximum Gasteiger partial charge on any atom is 0.256 e. The fraction of sp³-hybridized carbons (Fsp3) is 0.643. The van der Waals surface area contributed by atoms with Gasteiger partial charge in [-0.1, -0.05) is 0 Å². The van der Waals surface area contributed by atoms with Crippen LogP contribution in [0.25, 0.3) is 0 Å². The number of ether oxygens (including phenoxy) is 1. The molecule has 2 rings (SSSR count). The molecule has 1 unspecified atom stereocenters. The third-order valence-corrected chi connectivity index (χ3v) is 3.72. The predicted octanol–water partition coefficient (Wildman–Crippen LogP) is 0.235. The number of nitrogens with zero attached hydrogens (tertiary/aromatic N) is 2. The highest BCUT2D eigenvalue weighted by molar-refractivity contribution is 5.78. The second-order valence-corrected chi connectivity index (χ2v) is 5.21. The van der Waals surface area contributed by atoms with E-state index in [1.165, 1.54) is 4.57 Å². The average Bonchev–Trinajstić information content (AvgIpc) is 2.93. The highest BCUT2D eigenvalue weighted by Crippen LogP contribution is 2.10. The van der Waals surface area contributed by atoms with Gasteiger partial charge in [0.25, 0.3) is 5.56 Å². The van der Waals surface area contributed by atoms with E-state index in [4.69, 9.17) is 4.74 Å². The van der Waals surface area contributed by atoms with E-state index < -0.39 is 0 Å². The van der Waals surface area contributed by atoms with Gasteiger partial charge in [0.1, 0.15) is 5.82 Å². The molecule has 1 aliphatic rings. The maximum atomic E-state index is 11.9. The average molecular weight is 279 g/mol. The van der Waals surface area contributed by atoms with Crippen molar-refractivity contribution in [2.45, 2.75) is 39.2 Å². The van der Waals surface area contributed by atoms with Gasteiger partial charge in [-0.2, -0.15) is 0 Å². The third-order valence-electron chi connectivity index (χ3n) is 3.72. The SMILES string of the molecule is Cc1c(CC(=O)NCC2CCCO2)nc(C)n(C)c1=O. The van der Waals surface area contributed by atoms with Gasteiger partial charge in [0, 0.05) is 25.8 Å². The molecule has 0 radical (unpaired) electrons. The van der Waals surface area contributed by atoms with E-state index in [9.17, 15) is 9.59 Å². The zero-order valence-electron chi connectivity index (χ0n) is 12.2. The Labute approximate surface area is 118 Å². The Morgan fingerprint density at radius 3 is 2.90 bits per heavy atom. The van der Waals surface area contributed by atoms with Crippen LogP contribution in [-0.2, 0) is 23.0 Å². The fourth-order valence-electron chi connectivity index (χ4n) is 2.30. The van der Waals surface area contributed by atoms with Crippen molar-refractivity contribution in [1.82, 2.24) is 14.9 Å². The first-order chi connectivity index (χ1) is 9.49. The van der Waals surface area contributed by atoms with Gasteiger partial charge in [0.15, 0.2) is 0 Å². The lowest BCUT2D eigenvalue weighted by Crippen LogP contribution is -2.34. The van der Waals surface area contributed by atoms with Crippen molar-refractivity contribution >= 4 is 5.91 Å². The van der Waals surface area contributed by atoms with E-state index in [2.05, 4.69) is 10.3 Å². The van der Waals surface area contributed by atoms with E-state index >= 15 is 0 Å². The molecule has 1 saturated heterocycles. The molecule has 20 heavy (non-hydrogen) atoms. The van der Waals surface area contributed by atoms with E-state index in [0.29, 0.717) is 23.6 Å². The van der Waals surface area contributed by atoms with E-state index in [1.807, 2.05) is 0 Å². The Bertz CT molecular complexity index is 560. The second-order valence-electron chi connectivity index (χ2n) is 5.21. The predicted molar refractivity (Wildman–Crippen MR) is 74.6 cm³/mol. The standard InChI is InChI=1S/C14H21N3O3/c1-9-12(16-10(2)17(3)14(9)19)7-13(18)15-8-11-5-4-6-20-11/h11H,4-8H2,1-3H3,(H,15,18). The smallest absolute Gasteiger partial charge is 0.256 e. The number of amides is 1. The van der Waals surface area contributed by atoms with Gasteiger partial charge in [0.2, 0.25) is 5.91 Å². The second kappa shape index (κ2) is 6.17. The first kappa shape index (κ1) is 14.7. The van der Waals surface area contributed by atoms with Crippen LogP contribution in [-0.4, -0.2) is 34.7 Å². The van der Waals surface area contributed by atoms with Crippen LogP contribution in [0.2, 0.25) is 0 Å². The van der Waals surface area contributed by atoms with Crippen molar-refractivity contribution < 1.29 is 9.53 Å². The minimum Gasteiger partial charge on any atom is -0.376 e. The Morgan fingerprint density at radius 1 is 1.50 bits per heavy atom. The Kier molecular flexibility index (Phi) is 4.54. The number of carbonyl (C=O) groups is 1. The molecule has 2 heterocycles. The largest absolute Gasteiger partial charge is 0.376 e. The molecule has 0 aliphatic carbocycles. The molecule has 1 atom stereocenters. The lowest BCUT2D eigenvalue weighted by Gasteiger charge is -2.12. The zero-order chi connectivity index (χ0) is 14.7. The number of aromatic nitrogens is 2. The minimum absolute atomic E-state index is 0.0978. The topological polar surface area (TPSA) is 73.2 Å². The van der Waals surface area contributed by atoms with Crippen LogP contribution < -0.4 is 10.9 Å². The third kappa shape index (κ3) is 3.25. The van der Waals surface area contributed by atoms with Gasteiger partial charge < -0.3 is 10.1 Å². The van der Waals surface area contributed by atoms with Crippen LogP contribution in [0.4, 0.5) is 0 Å². The van der Waals surface area contributed by atoms with Crippen LogP contribution in [0.1, 0.15) is 29.9 Å². The lowest BCUT2D eigenvalue weighted by atomic mass is 10.1. The molecule has 1 fully saturated rings. The summed E-state index contributed by atoms with van der Waals surface area (Å²) in [5, 5.41) is 2.84. The Morgan fingerprint density at radius 2 is 2.25 bits per heavy atom. The molecule has 1 aromatic heterocycles.